The zero-order valence-electron chi connectivity index (χ0n) is 13.3. The Hall–Kier alpha value is -1.04. The maximum atomic E-state index is 12.7. The Kier molecular flexibility index (Phi) is 9.41. The molecule has 0 aromatic carbocycles. The molecule has 1 amide bonds. The number of hydrogen-bond donors (Lipinski definition) is 2. The summed E-state index contributed by atoms with van der Waals surface area (Å²) in [5.41, 5.74) is 0.665. The van der Waals surface area contributed by atoms with Crippen molar-refractivity contribution in [2.24, 2.45) is 0 Å². The molecular weight excluding hydrogens is 323 g/mol. The van der Waals surface area contributed by atoms with E-state index in [-0.39, 0.29) is 36.8 Å². The van der Waals surface area contributed by atoms with Gasteiger partial charge < -0.3 is 15.5 Å². The van der Waals surface area contributed by atoms with Gasteiger partial charge in [0.2, 0.25) is 0 Å². The van der Waals surface area contributed by atoms with E-state index in [9.17, 15) is 4.79 Å². The Labute approximate surface area is 145 Å². The molecule has 0 saturated carbocycles. The molecule has 126 valence electrons. The van der Waals surface area contributed by atoms with E-state index < -0.39 is 0 Å². The monoisotopic (exact) mass is 348 g/mol. The van der Waals surface area contributed by atoms with Gasteiger partial charge in [0.15, 0.2) is 0 Å². The first-order chi connectivity index (χ1) is 9.61. The van der Waals surface area contributed by atoms with E-state index >= 15 is 0 Å². The number of amides is 1. The van der Waals surface area contributed by atoms with Gasteiger partial charge in [0.25, 0.3) is 5.91 Å². The number of carbonyl (C=O) groups is 1. The average Bonchev–Trinajstić information content (AvgIpc) is 2.46. The van der Waals surface area contributed by atoms with E-state index in [0.717, 1.165) is 25.9 Å². The summed E-state index contributed by atoms with van der Waals surface area (Å²) in [7, 11) is 1.95. The van der Waals surface area contributed by atoms with Crippen molar-refractivity contribution in [3.8, 4) is 0 Å². The van der Waals surface area contributed by atoms with Gasteiger partial charge in [-0.1, -0.05) is 0 Å². The van der Waals surface area contributed by atoms with Crippen LogP contribution in [-0.2, 0) is 0 Å². The standard InChI is InChI=1S/C15H24N4O.2ClH/c1-11(2)18-14-13(7-4-8-17-14)15(20)19-9-5-6-12(10-19)16-3;;/h4,7-8,11-12,16H,5-6,9-10H2,1-3H3,(H,17,18);2*1H. The molecule has 1 fully saturated rings. The fourth-order valence-corrected chi connectivity index (χ4v) is 2.53. The van der Waals surface area contributed by atoms with Crippen LogP contribution >= 0.6 is 24.8 Å². The Morgan fingerprint density at radius 2 is 2.14 bits per heavy atom. The van der Waals surface area contributed by atoms with E-state index in [2.05, 4.69) is 15.6 Å². The molecular formula is C15H26Cl2N4O. The van der Waals surface area contributed by atoms with E-state index in [0.29, 0.717) is 17.4 Å². The van der Waals surface area contributed by atoms with Crippen molar-refractivity contribution in [3.63, 3.8) is 0 Å². The molecule has 0 radical (unpaired) electrons. The Balaban J connectivity index is 0.00000220. The molecule has 1 atom stereocenters. The van der Waals surface area contributed by atoms with E-state index in [1.54, 1.807) is 6.20 Å². The predicted molar refractivity (Wildman–Crippen MR) is 95.5 cm³/mol. The number of nitrogens with zero attached hydrogens (tertiary/aromatic N) is 2. The summed E-state index contributed by atoms with van der Waals surface area (Å²) in [6.07, 6.45) is 3.89. The summed E-state index contributed by atoms with van der Waals surface area (Å²) in [6.45, 7) is 5.68. The van der Waals surface area contributed by atoms with Crippen LogP contribution in [0.1, 0.15) is 37.0 Å². The predicted octanol–water partition coefficient (Wildman–Crippen LogP) is 2.57. The smallest absolute Gasteiger partial charge is 0.257 e. The Morgan fingerprint density at radius 1 is 1.41 bits per heavy atom. The lowest BCUT2D eigenvalue weighted by molar-refractivity contribution is 0.0699. The summed E-state index contributed by atoms with van der Waals surface area (Å²) < 4.78 is 0. The highest BCUT2D eigenvalue weighted by Crippen LogP contribution is 2.18. The van der Waals surface area contributed by atoms with Gasteiger partial charge in [0.05, 0.1) is 5.56 Å². The Morgan fingerprint density at radius 3 is 2.77 bits per heavy atom. The van der Waals surface area contributed by atoms with Crippen molar-refractivity contribution in [2.45, 2.75) is 38.8 Å². The molecule has 0 aliphatic carbocycles. The van der Waals surface area contributed by atoms with Crippen molar-refractivity contribution in [1.82, 2.24) is 15.2 Å². The minimum absolute atomic E-state index is 0. The summed E-state index contributed by atoms with van der Waals surface area (Å²) in [5.74, 6) is 0.750. The van der Waals surface area contributed by atoms with Crippen molar-refractivity contribution in [1.29, 1.82) is 0 Å². The molecule has 22 heavy (non-hydrogen) atoms. The van der Waals surface area contributed by atoms with Crippen LogP contribution in [0.5, 0.6) is 0 Å². The van der Waals surface area contributed by atoms with Gasteiger partial charge in [-0.25, -0.2) is 4.98 Å². The minimum Gasteiger partial charge on any atom is -0.367 e. The molecule has 2 N–H and O–H groups in total. The summed E-state index contributed by atoms with van der Waals surface area (Å²) in [5, 5.41) is 6.51. The van der Waals surface area contributed by atoms with E-state index in [1.165, 1.54) is 0 Å². The molecule has 1 aromatic heterocycles. The van der Waals surface area contributed by atoms with Crippen molar-refractivity contribution < 1.29 is 4.79 Å². The van der Waals surface area contributed by atoms with Gasteiger partial charge in [-0.05, 0) is 45.9 Å². The lowest BCUT2D eigenvalue weighted by Crippen LogP contribution is -2.47. The van der Waals surface area contributed by atoms with E-state index in [1.807, 2.05) is 37.9 Å². The number of likely N-dealkylation sites (tertiary alicyclic amines) is 1. The zero-order chi connectivity index (χ0) is 14.5. The molecule has 0 bridgehead atoms. The third kappa shape index (κ3) is 5.30. The lowest BCUT2D eigenvalue weighted by Gasteiger charge is -2.33. The van der Waals surface area contributed by atoms with Crippen LogP contribution in [0, 0.1) is 0 Å². The number of rotatable bonds is 4. The maximum Gasteiger partial charge on any atom is 0.257 e. The summed E-state index contributed by atoms with van der Waals surface area (Å²) in [6, 6.07) is 4.31. The highest BCUT2D eigenvalue weighted by molar-refractivity contribution is 5.98. The minimum atomic E-state index is 0. The number of hydrogen-bond acceptors (Lipinski definition) is 4. The van der Waals surface area contributed by atoms with Crippen molar-refractivity contribution >= 4 is 36.5 Å². The number of nitrogens with one attached hydrogen (secondary N) is 2. The fraction of sp³-hybridized carbons (Fsp3) is 0.600. The maximum absolute atomic E-state index is 12.7. The number of halogens is 2. The van der Waals surface area contributed by atoms with Gasteiger partial charge in [-0.2, -0.15) is 0 Å². The van der Waals surface area contributed by atoms with Gasteiger partial charge in [-0.15, -0.1) is 24.8 Å². The average molecular weight is 349 g/mol. The van der Waals surface area contributed by atoms with Crippen LogP contribution in [-0.4, -0.2) is 48.0 Å². The molecule has 5 nitrogen and oxygen atoms in total. The number of carbonyl (C=O) groups excluding carboxylic acids is 1. The van der Waals surface area contributed by atoms with Crippen LogP contribution in [0.4, 0.5) is 5.82 Å². The molecule has 1 aliphatic rings. The third-order valence-corrected chi connectivity index (χ3v) is 3.58. The topological polar surface area (TPSA) is 57.3 Å². The molecule has 0 spiro atoms. The molecule has 1 saturated heterocycles. The quantitative estimate of drug-likeness (QED) is 0.877. The van der Waals surface area contributed by atoms with Gasteiger partial charge in [0, 0.05) is 31.4 Å². The van der Waals surface area contributed by atoms with Gasteiger partial charge in [0.1, 0.15) is 5.82 Å². The molecule has 1 unspecified atom stereocenters. The highest BCUT2D eigenvalue weighted by atomic mass is 35.5. The zero-order valence-corrected chi connectivity index (χ0v) is 15.0. The second-order valence-corrected chi connectivity index (χ2v) is 5.58. The first-order valence-electron chi connectivity index (χ1n) is 7.30. The first-order valence-corrected chi connectivity index (χ1v) is 7.30. The number of anilines is 1. The number of pyridine rings is 1. The Bertz CT molecular complexity index is 471. The number of likely N-dealkylation sites (N-methyl/N-ethyl adjacent to an activating group) is 1. The van der Waals surface area contributed by atoms with Crippen molar-refractivity contribution in [2.75, 3.05) is 25.5 Å². The summed E-state index contributed by atoms with van der Waals surface area (Å²) >= 11 is 0. The van der Waals surface area contributed by atoms with Crippen LogP contribution in [0.15, 0.2) is 18.3 Å². The fourth-order valence-electron chi connectivity index (χ4n) is 2.53. The van der Waals surface area contributed by atoms with Gasteiger partial charge in [-0.3, -0.25) is 4.79 Å². The van der Waals surface area contributed by atoms with Crippen LogP contribution in [0.2, 0.25) is 0 Å². The second kappa shape index (κ2) is 9.87. The van der Waals surface area contributed by atoms with Crippen molar-refractivity contribution in [3.05, 3.63) is 23.9 Å². The third-order valence-electron chi connectivity index (χ3n) is 3.58. The lowest BCUT2D eigenvalue weighted by atomic mass is 10.0. The second-order valence-electron chi connectivity index (χ2n) is 5.58. The number of aromatic nitrogens is 1. The van der Waals surface area contributed by atoms with Crippen LogP contribution in [0.25, 0.3) is 0 Å². The largest absolute Gasteiger partial charge is 0.367 e. The number of piperidine rings is 1. The molecule has 1 aromatic rings. The van der Waals surface area contributed by atoms with Crippen LogP contribution in [0.3, 0.4) is 0 Å². The highest BCUT2D eigenvalue weighted by Gasteiger charge is 2.25. The normalized spacial score (nSPS) is 17.5. The molecule has 2 heterocycles. The summed E-state index contributed by atoms with van der Waals surface area (Å²) in [4.78, 5) is 18.9. The van der Waals surface area contributed by atoms with Gasteiger partial charge >= 0.3 is 0 Å². The molecule has 2 rings (SSSR count). The SMILES string of the molecule is CNC1CCCN(C(=O)c2cccnc2NC(C)C)C1.Cl.Cl. The molecule has 1 aliphatic heterocycles. The first kappa shape index (κ1) is 21.0. The van der Waals surface area contributed by atoms with Crippen LogP contribution < -0.4 is 10.6 Å². The molecule has 7 heteroatoms. The van der Waals surface area contributed by atoms with E-state index in [4.69, 9.17) is 0 Å².